The summed E-state index contributed by atoms with van der Waals surface area (Å²) in [5, 5.41) is 1.03. The standard InChI is InChI=1S/C15H18BrN3OS.2ClH/c16-10-1-2-13-12(9-10)18-14(21-13)3-4-15(20)19-7-5-11(17)6-8-19;;/h1-2,9,11H,3-8,17H2;2*1H. The van der Waals surface area contributed by atoms with Gasteiger partial charge in [-0.25, -0.2) is 4.98 Å². The van der Waals surface area contributed by atoms with Gasteiger partial charge in [0.25, 0.3) is 0 Å². The summed E-state index contributed by atoms with van der Waals surface area (Å²) >= 11 is 5.13. The summed E-state index contributed by atoms with van der Waals surface area (Å²) in [6, 6.07) is 6.36. The molecular weight excluding hydrogens is 421 g/mol. The van der Waals surface area contributed by atoms with Crippen LogP contribution in [0.25, 0.3) is 10.2 Å². The molecule has 0 bridgehead atoms. The lowest BCUT2D eigenvalue weighted by Gasteiger charge is -2.30. The number of aryl methyl sites for hydroxylation is 1. The number of likely N-dealkylation sites (tertiary alicyclic amines) is 1. The van der Waals surface area contributed by atoms with Crippen LogP contribution in [0.3, 0.4) is 0 Å². The smallest absolute Gasteiger partial charge is 0.222 e. The van der Waals surface area contributed by atoms with E-state index in [0.717, 1.165) is 47.3 Å². The van der Waals surface area contributed by atoms with Gasteiger partial charge < -0.3 is 10.6 Å². The van der Waals surface area contributed by atoms with Gasteiger partial charge in [0, 0.05) is 36.4 Å². The number of amides is 1. The maximum absolute atomic E-state index is 12.2. The summed E-state index contributed by atoms with van der Waals surface area (Å²) in [6.45, 7) is 1.60. The molecule has 1 aliphatic rings. The van der Waals surface area contributed by atoms with Crippen molar-refractivity contribution in [3.05, 3.63) is 27.7 Å². The van der Waals surface area contributed by atoms with Crippen molar-refractivity contribution in [2.75, 3.05) is 13.1 Å². The molecule has 1 amide bonds. The second-order valence-electron chi connectivity index (χ2n) is 5.44. The first-order chi connectivity index (χ1) is 10.1. The fourth-order valence-electron chi connectivity index (χ4n) is 2.58. The number of halogens is 3. The van der Waals surface area contributed by atoms with Crippen LogP contribution in [0.2, 0.25) is 0 Å². The SMILES string of the molecule is Cl.Cl.NC1CCN(C(=O)CCc2nc3cc(Br)ccc3s2)CC1. The van der Waals surface area contributed by atoms with Crippen LogP contribution < -0.4 is 5.73 Å². The molecule has 0 saturated carbocycles. The number of fused-ring (bicyclic) bond motifs is 1. The molecular formula is C15H20BrCl2N3OS. The number of benzene rings is 1. The van der Waals surface area contributed by atoms with E-state index >= 15 is 0 Å². The van der Waals surface area contributed by atoms with Crippen LogP contribution in [-0.4, -0.2) is 34.9 Å². The first-order valence-electron chi connectivity index (χ1n) is 7.20. The lowest BCUT2D eigenvalue weighted by atomic mass is 10.1. The van der Waals surface area contributed by atoms with Crippen molar-refractivity contribution in [1.29, 1.82) is 0 Å². The van der Waals surface area contributed by atoms with Gasteiger partial charge >= 0.3 is 0 Å². The molecule has 0 radical (unpaired) electrons. The van der Waals surface area contributed by atoms with E-state index in [1.807, 2.05) is 17.0 Å². The summed E-state index contributed by atoms with van der Waals surface area (Å²) < 4.78 is 2.21. The first-order valence-corrected chi connectivity index (χ1v) is 8.81. The normalized spacial score (nSPS) is 15.1. The van der Waals surface area contributed by atoms with Crippen molar-refractivity contribution in [2.45, 2.75) is 31.7 Å². The second-order valence-corrected chi connectivity index (χ2v) is 7.47. The van der Waals surface area contributed by atoms with Crippen LogP contribution in [-0.2, 0) is 11.2 Å². The molecule has 2 aromatic rings. The van der Waals surface area contributed by atoms with Crippen molar-refractivity contribution in [3.63, 3.8) is 0 Å². The van der Waals surface area contributed by atoms with Crippen LogP contribution in [0.1, 0.15) is 24.3 Å². The number of carbonyl (C=O) groups excluding carboxylic acids is 1. The number of rotatable bonds is 3. The number of thiazole rings is 1. The molecule has 0 spiro atoms. The van der Waals surface area contributed by atoms with Crippen LogP contribution in [0.4, 0.5) is 0 Å². The fourth-order valence-corrected chi connectivity index (χ4v) is 3.87. The van der Waals surface area contributed by atoms with E-state index in [1.165, 1.54) is 4.70 Å². The molecule has 2 N–H and O–H groups in total. The third-order valence-corrected chi connectivity index (χ3v) is 5.43. The Morgan fingerprint density at radius 1 is 1.35 bits per heavy atom. The Morgan fingerprint density at radius 3 is 2.74 bits per heavy atom. The van der Waals surface area contributed by atoms with Crippen LogP contribution in [0.15, 0.2) is 22.7 Å². The summed E-state index contributed by atoms with van der Waals surface area (Å²) in [5.74, 6) is 0.224. The van der Waals surface area contributed by atoms with Crippen LogP contribution in [0, 0.1) is 0 Å². The number of hydrogen-bond donors (Lipinski definition) is 1. The topological polar surface area (TPSA) is 59.2 Å². The Hall–Kier alpha value is -0.400. The predicted octanol–water partition coefficient (Wildman–Crippen LogP) is 3.78. The summed E-state index contributed by atoms with van der Waals surface area (Å²) in [5.41, 5.74) is 6.87. The minimum Gasteiger partial charge on any atom is -0.343 e. The zero-order valence-electron chi connectivity index (χ0n) is 12.5. The van der Waals surface area contributed by atoms with Crippen LogP contribution >= 0.6 is 52.1 Å². The minimum atomic E-state index is 0. The molecule has 8 heteroatoms. The molecule has 1 fully saturated rings. The molecule has 1 saturated heterocycles. The highest BCUT2D eigenvalue weighted by molar-refractivity contribution is 9.10. The maximum Gasteiger partial charge on any atom is 0.222 e. The molecule has 4 nitrogen and oxygen atoms in total. The van der Waals surface area contributed by atoms with Gasteiger partial charge in [-0.1, -0.05) is 15.9 Å². The average Bonchev–Trinajstić information content (AvgIpc) is 2.87. The number of aromatic nitrogens is 1. The molecule has 1 aliphatic heterocycles. The van der Waals surface area contributed by atoms with Crippen LogP contribution in [0.5, 0.6) is 0 Å². The van der Waals surface area contributed by atoms with Crippen molar-refractivity contribution in [2.24, 2.45) is 5.73 Å². The molecule has 0 unspecified atom stereocenters. The first kappa shape index (κ1) is 20.6. The highest BCUT2D eigenvalue weighted by atomic mass is 79.9. The zero-order valence-corrected chi connectivity index (χ0v) is 16.6. The van der Waals surface area contributed by atoms with Crippen molar-refractivity contribution in [1.82, 2.24) is 9.88 Å². The van der Waals surface area contributed by atoms with Crippen molar-refractivity contribution in [3.8, 4) is 0 Å². The monoisotopic (exact) mass is 439 g/mol. The molecule has 0 aliphatic carbocycles. The highest BCUT2D eigenvalue weighted by Crippen LogP contribution is 2.26. The van der Waals surface area contributed by atoms with E-state index in [2.05, 4.69) is 27.0 Å². The van der Waals surface area contributed by atoms with E-state index < -0.39 is 0 Å². The maximum atomic E-state index is 12.2. The predicted molar refractivity (Wildman–Crippen MR) is 104 cm³/mol. The summed E-state index contributed by atoms with van der Waals surface area (Å²) in [4.78, 5) is 18.7. The molecule has 23 heavy (non-hydrogen) atoms. The Kier molecular flexibility index (Phi) is 8.24. The van der Waals surface area contributed by atoms with Gasteiger partial charge in [0.15, 0.2) is 0 Å². The van der Waals surface area contributed by atoms with E-state index in [1.54, 1.807) is 11.3 Å². The van der Waals surface area contributed by atoms with Crippen molar-refractivity contribution >= 4 is 68.2 Å². The Labute approximate surface area is 160 Å². The molecule has 1 aromatic heterocycles. The third kappa shape index (κ3) is 5.29. The second kappa shape index (κ2) is 9.18. The van der Waals surface area contributed by atoms with Crippen molar-refractivity contribution < 1.29 is 4.79 Å². The molecule has 1 aromatic carbocycles. The van der Waals surface area contributed by atoms with Gasteiger partial charge in [-0.3, -0.25) is 4.79 Å². The summed E-state index contributed by atoms with van der Waals surface area (Å²) in [6.07, 6.45) is 3.09. The van der Waals surface area contributed by atoms with E-state index in [4.69, 9.17) is 5.73 Å². The lowest BCUT2D eigenvalue weighted by molar-refractivity contribution is -0.132. The van der Waals surface area contributed by atoms with E-state index in [0.29, 0.717) is 6.42 Å². The minimum absolute atomic E-state index is 0. The number of nitrogens with two attached hydrogens (primary N) is 1. The van der Waals surface area contributed by atoms with Gasteiger partial charge in [-0.15, -0.1) is 36.2 Å². The number of nitrogens with zero attached hydrogens (tertiary/aromatic N) is 2. The zero-order chi connectivity index (χ0) is 14.8. The summed E-state index contributed by atoms with van der Waals surface area (Å²) in [7, 11) is 0. The number of hydrogen-bond acceptors (Lipinski definition) is 4. The molecule has 2 heterocycles. The Balaban J connectivity index is 0.00000132. The Morgan fingerprint density at radius 2 is 2.04 bits per heavy atom. The third-order valence-electron chi connectivity index (χ3n) is 3.84. The van der Waals surface area contributed by atoms with Gasteiger partial charge in [0.1, 0.15) is 0 Å². The number of carbonyl (C=O) groups is 1. The van der Waals surface area contributed by atoms with Gasteiger partial charge in [0.2, 0.25) is 5.91 Å². The van der Waals surface area contributed by atoms with Gasteiger partial charge in [-0.05, 0) is 31.0 Å². The Bertz CT molecular complexity index is 659. The fraction of sp³-hybridized carbons (Fsp3) is 0.467. The van der Waals surface area contributed by atoms with E-state index in [9.17, 15) is 4.79 Å². The quantitative estimate of drug-likeness (QED) is 0.789. The number of piperidine rings is 1. The highest BCUT2D eigenvalue weighted by Gasteiger charge is 2.20. The molecule has 0 atom stereocenters. The van der Waals surface area contributed by atoms with Gasteiger partial charge in [0.05, 0.1) is 15.2 Å². The van der Waals surface area contributed by atoms with Gasteiger partial charge in [-0.2, -0.15) is 0 Å². The molecule has 3 rings (SSSR count). The average molecular weight is 441 g/mol. The lowest BCUT2D eigenvalue weighted by Crippen LogP contribution is -2.42. The van der Waals surface area contributed by atoms with E-state index in [-0.39, 0.29) is 36.8 Å². The largest absolute Gasteiger partial charge is 0.343 e. The molecule has 128 valence electrons.